The van der Waals surface area contributed by atoms with Gasteiger partial charge in [0.15, 0.2) is 5.96 Å². The fourth-order valence-electron chi connectivity index (χ4n) is 0.887. The van der Waals surface area contributed by atoms with E-state index >= 15 is 0 Å². The maximum atomic E-state index is 11.0. The molecule has 0 spiro atoms. The van der Waals surface area contributed by atoms with Crippen molar-refractivity contribution in [1.29, 1.82) is 0 Å². The summed E-state index contributed by atoms with van der Waals surface area (Å²) in [6, 6.07) is -0.579. The lowest BCUT2D eigenvalue weighted by atomic mass is 10.2. The number of nitrogens with two attached hydrogens (primary N) is 3. The van der Waals surface area contributed by atoms with Crippen molar-refractivity contribution in [3.8, 4) is 0 Å². The average Bonchev–Trinajstić information content (AvgIpc) is 2.12. The minimum atomic E-state index is -0.579. The van der Waals surface area contributed by atoms with Gasteiger partial charge in [-0.3, -0.25) is 9.79 Å². The van der Waals surface area contributed by atoms with Crippen LogP contribution < -0.4 is 17.2 Å². The maximum Gasteiger partial charge on any atom is 0.322 e. The Balaban J connectivity index is 3.58. The summed E-state index contributed by atoms with van der Waals surface area (Å²) in [6.45, 7) is 2.57. The zero-order chi connectivity index (χ0) is 11.0. The number of aliphatic imine (C=N–C) groups is 1. The zero-order valence-electron chi connectivity index (χ0n) is 8.40. The molecule has 0 fully saturated rings. The SMILES string of the molecule is CCOC(=O)[C@@H](N)CCCN=C(N)N. The van der Waals surface area contributed by atoms with Gasteiger partial charge in [-0.2, -0.15) is 0 Å². The van der Waals surface area contributed by atoms with Crippen LogP contribution in [0.1, 0.15) is 19.8 Å². The van der Waals surface area contributed by atoms with Crippen LogP contribution in [0.25, 0.3) is 0 Å². The molecule has 0 amide bonds. The van der Waals surface area contributed by atoms with Crippen LogP contribution in [0.4, 0.5) is 0 Å². The van der Waals surface area contributed by atoms with Crippen molar-refractivity contribution >= 4 is 11.9 Å². The molecule has 82 valence electrons. The second kappa shape index (κ2) is 7.14. The van der Waals surface area contributed by atoms with Gasteiger partial charge in [-0.1, -0.05) is 0 Å². The third kappa shape index (κ3) is 6.24. The molecule has 0 saturated carbocycles. The molecular weight excluding hydrogens is 184 g/mol. The summed E-state index contributed by atoms with van der Waals surface area (Å²) in [7, 11) is 0. The van der Waals surface area contributed by atoms with Gasteiger partial charge in [0, 0.05) is 6.54 Å². The smallest absolute Gasteiger partial charge is 0.322 e. The molecular formula is C8H18N4O2. The Morgan fingerprint density at radius 2 is 2.14 bits per heavy atom. The summed E-state index contributed by atoms with van der Waals surface area (Å²) in [5, 5.41) is 0. The molecule has 0 radical (unpaired) electrons. The number of esters is 1. The van der Waals surface area contributed by atoms with Gasteiger partial charge in [-0.05, 0) is 19.8 Å². The first-order valence-electron chi connectivity index (χ1n) is 4.55. The second-order valence-corrected chi connectivity index (χ2v) is 2.81. The Hall–Kier alpha value is -1.30. The fourth-order valence-corrected chi connectivity index (χ4v) is 0.887. The number of ether oxygens (including phenoxy) is 1. The van der Waals surface area contributed by atoms with Crippen LogP contribution in [0.2, 0.25) is 0 Å². The van der Waals surface area contributed by atoms with E-state index in [2.05, 4.69) is 4.99 Å². The summed E-state index contributed by atoms with van der Waals surface area (Å²) in [5.41, 5.74) is 15.8. The number of hydrogen-bond acceptors (Lipinski definition) is 4. The van der Waals surface area contributed by atoms with E-state index in [1.165, 1.54) is 0 Å². The Bertz CT molecular complexity index is 202. The number of rotatable bonds is 6. The van der Waals surface area contributed by atoms with Crippen LogP contribution in [-0.2, 0) is 9.53 Å². The molecule has 0 unspecified atom stereocenters. The van der Waals surface area contributed by atoms with E-state index in [0.717, 1.165) is 0 Å². The van der Waals surface area contributed by atoms with Crippen LogP contribution >= 0.6 is 0 Å². The molecule has 0 aliphatic heterocycles. The van der Waals surface area contributed by atoms with Gasteiger partial charge in [-0.25, -0.2) is 0 Å². The Kier molecular flexibility index (Phi) is 6.47. The predicted octanol–water partition coefficient (Wildman–Crippen LogP) is -1.07. The van der Waals surface area contributed by atoms with Crippen LogP contribution in [0.5, 0.6) is 0 Å². The average molecular weight is 202 g/mol. The monoisotopic (exact) mass is 202 g/mol. The minimum Gasteiger partial charge on any atom is -0.465 e. The van der Waals surface area contributed by atoms with Gasteiger partial charge in [0.2, 0.25) is 0 Å². The van der Waals surface area contributed by atoms with Gasteiger partial charge in [0.25, 0.3) is 0 Å². The van der Waals surface area contributed by atoms with Crippen molar-refractivity contribution in [3.05, 3.63) is 0 Å². The van der Waals surface area contributed by atoms with E-state index in [-0.39, 0.29) is 11.9 Å². The quantitative estimate of drug-likeness (QED) is 0.219. The van der Waals surface area contributed by atoms with Crippen LogP contribution in [0, 0.1) is 0 Å². The van der Waals surface area contributed by atoms with E-state index in [9.17, 15) is 4.79 Å². The summed E-state index contributed by atoms with van der Waals surface area (Å²) >= 11 is 0. The molecule has 0 aliphatic carbocycles. The normalized spacial score (nSPS) is 11.9. The number of nitrogens with zero attached hydrogens (tertiary/aromatic N) is 1. The van der Waals surface area contributed by atoms with Crippen molar-refractivity contribution in [2.24, 2.45) is 22.2 Å². The van der Waals surface area contributed by atoms with E-state index in [1.807, 2.05) is 0 Å². The lowest BCUT2D eigenvalue weighted by molar-refractivity contribution is -0.144. The predicted molar refractivity (Wildman–Crippen MR) is 54.5 cm³/mol. The lowest BCUT2D eigenvalue weighted by Crippen LogP contribution is -2.32. The molecule has 0 aromatic heterocycles. The van der Waals surface area contributed by atoms with E-state index in [4.69, 9.17) is 21.9 Å². The van der Waals surface area contributed by atoms with Crippen molar-refractivity contribution in [3.63, 3.8) is 0 Å². The summed E-state index contributed by atoms with van der Waals surface area (Å²) in [4.78, 5) is 14.8. The maximum absolute atomic E-state index is 11.0. The molecule has 0 aromatic rings. The van der Waals surface area contributed by atoms with Gasteiger partial charge >= 0.3 is 5.97 Å². The molecule has 14 heavy (non-hydrogen) atoms. The van der Waals surface area contributed by atoms with Gasteiger partial charge in [-0.15, -0.1) is 0 Å². The summed E-state index contributed by atoms with van der Waals surface area (Å²) in [5.74, 6) is -0.327. The third-order valence-electron chi connectivity index (χ3n) is 1.56. The topological polar surface area (TPSA) is 117 Å². The van der Waals surface area contributed by atoms with Gasteiger partial charge in [0.1, 0.15) is 6.04 Å². The standard InChI is InChI=1S/C8H18N4O2/c1-2-14-7(13)6(9)4-3-5-12-8(10)11/h6H,2-5,9H2,1H3,(H4,10,11,12)/t6-/m0/s1. The largest absolute Gasteiger partial charge is 0.465 e. The van der Waals surface area contributed by atoms with Crippen molar-refractivity contribution in [2.45, 2.75) is 25.8 Å². The van der Waals surface area contributed by atoms with Crippen LogP contribution in [0.3, 0.4) is 0 Å². The minimum absolute atomic E-state index is 0.0507. The Labute approximate surface area is 83.5 Å². The van der Waals surface area contributed by atoms with Crippen molar-refractivity contribution in [1.82, 2.24) is 0 Å². The first kappa shape index (κ1) is 12.7. The van der Waals surface area contributed by atoms with Gasteiger partial charge < -0.3 is 21.9 Å². The number of hydrogen-bond donors (Lipinski definition) is 3. The van der Waals surface area contributed by atoms with E-state index in [0.29, 0.717) is 26.0 Å². The molecule has 6 N–H and O–H groups in total. The first-order valence-corrected chi connectivity index (χ1v) is 4.55. The molecule has 6 heteroatoms. The molecule has 0 saturated heterocycles. The van der Waals surface area contributed by atoms with Crippen LogP contribution in [-0.4, -0.2) is 31.1 Å². The lowest BCUT2D eigenvalue weighted by Gasteiger charge is -2.08. The van der Waals surface area contributed by atoms with Gasteiger partial charge in [0.05, 0.1) is 6.61 Å². The third-order valence-corrected chi connectivity index (χ3v) is 1.56. The van der Waals surface area contributed by atoms with Crippen LogP contribution in [0.15, 0.2) is 4.99 Å². The summed E-state index contributed by atoms with van der Waals surface area (Å²) in [6.07, 6.45) is 1.19. The van der Waals surface area contributed by atoms with E-state index < -0.39 is 6.04 Å². The number of carbonyl (C=O) groups excluding carboxylic acids is 1. The van der Waals surface area contributed by atoms with Crippen molar-refractivity contribution < 1.29 is 9.53 Å². The number of carbonyl (C=O) groups is 1. The highest BCUT2D eigenvalue weighted by molar-refractivity contribution is 5.76. The van der Waals surface area contributed by atoms with Crippen molar-refractivity contribution in [2.75, 3.05) is 13.2 Å². The molecule has 0 aliphatic rings. The molecule has 0 aromatic carbocycles. The molecule has 6 nitrogen and oxygen atoms in total. The Morgan fingerprint density at radius 3 is 2.64 bits per heavy atom. The highest BCUT2D eigenvalue weighted by Crippen LogP contribution is 1.97. The molecule has 1 atom stereocenters. The second-order valence-electron chi connectivity index (χ2n) is 2.81. The fraction of sp³-hybridized carbons (Fsp3) is 0.750. The Morgan fingerprint density at radius 1 is 1.50 bits per heavy atom. The highest BCUT2D eigenvalue weighted by Gasteiger charge is 2.13. The molecule has 0 heterocycles. The zero-order valence-corrected chi connectivity index (χ0v) is 8.40. The summed E-state index contributed by atoms with van der Waals surface area (Å²) < 4.78 is 4.73. The number of guanidine groups is 1. The van der Waals surface area contributed by atoms with E-state index in [1.54, 1.807) is 6.92 Å². The highest BCUT2D eigenvalue weighted by atomic mass is 16.5. The first-order chi connectivity index (χ1) is 6.57. The molecule has 0 rings (SSSR count). The molecule has 0 bridgehead atoms.